The minimum atomic E-state index is -0.233. The lowest BCUT2D eigenvalue weighted by atomic mass is 10.0. The topological polar surface area (TPSA) is 20.3 Å². The Morgan fingerprint density at radius 2 is 1.81 bits per heavy atom. The molecule has 0 saturated carbocycles. The SMILES string of the molecule is Cc1ccc(C(=O)CN(C)Cc2ccccc2F)cc1C. The lowest BCUT2D eigenvalue weighted by molar-refractivity contribution is 0.0942. The molecule has 2 nitrogen and oxygen atoms in total. The third kappa shape index (κ3) is 3.99. The summed E-state index contributed by atoms with van der Waals surface area (Å²) in [6.07, 6.45) is 0. The maximum atomic E-state index is 13.6. The van der Waals surface area contributed by atoms with Crippen LogP contribution in [0.4, 0.5) is 4.39 Å². The molecule has 0 spiro atoms. The van der Waals surface area contributed by atoms with E-state index in [9.17, 15) is 9.18 Å². The Bertz CT molecular complexity index is 651. The van der Waals surface area contributed by atoms with Crippen molar-refractivity contribution in [1.82, 2.24) is 4.90 Å². The number of ketones is 1. The average molecular weight is 285 g/mol. The summed E-state index contributed by atoms with van der Waals surface area (Å²) in [5.41, 5.74) is 3.59. The van der Waals surface area contributed by atoms with Crippen molar-refractivity contribution in [2.24, 2.45) is 0 Å². The fraction of sp³-hybridized carbons (Fsp3) is 0.278. The minimum Gasteiger partial charge on any atom is -0.294 e. The fourth-order valence-electron chi connectivity index (χ4n) is 2.22. The molecule has 0 fully saturated rings. The highest BCUT2D eigenvalue weighted by molar-refractivity contribution is 5.97. The zero-order chi connectivity index (χ0) is 15.4. The molecule has 2 rings (SSSR count). The van der Waals surface area contributed by atoms with Gasteiger partial charge in [0.15, 0.2) is 5.78 Å². The smallest absolute Gasteiger partial charge is 0.176 e. The molecule has 3 heteroatoms. The summed E-state index contributed by atoms with van der Waals surface area (Å²) >= 11 is 0. The third-order valence-corrected chi connectivity index (χ3v) is 3.64. The van der Waals surface area contributed by atoms with Crippen LogP contribution in [0.2, 0.25) is 0 Å². The van der Waals surface area contributed by atoms with Crippen molar-refractivity contribution >= 4 is 5.78 Å². The molecule has 21 heavy (non-hydrogen) atoms. The molecular weight excluding hydrogens is 265 g/mol. The van der Waals surface area contributed by atoms with Gasteiger partial charge < -0.3 is 0 Å². The molecule has 0 saturated heterocycles. The molecule has 110 valence electrons. The Morgan fingerprint density at radius 1 is 1.10 bits per heavy atom. The van der Waals surface area contributed by atoms with Crippen LogP contribution in [0.1, 0.15) is 27.0 Å². The number of benzene rings is 2. The summed E-state index contributed by atoms with van der Waals surface area (Å²) in [5.74, 6) is -0.181. The first-order valence-corrected chi connectivity index (χ1v) is 7.00. The van der Waals surface area contributed by atoms with E-state index in [0.717, 1.165) is 5.56 Å². The Hall–Kier alpha value is -2.00. The van der Waals surface area contributed by atoms with Gasteiger partial charge >= 0.3 is 0 Å². The van der Waals surface area contributed by atoms with E-state index in [0.29, 0.717) is 17.7 Å². The zero-order valence-corrected chi connectivity index (χ0v) is 12.7. The van der Waals surface area contributed by atoms with E-state index in [1.54, 1.807) is 18.2 Å². The summed E-state index contributed by atoms with van der Waals surface area (Å²) in [6, 6.07) is 12.4. The first kappa shape index (κ1) is 15.4. The van der Waals surface area contributed by atoms with Gasteiger partial charge in [-0.05, 0) is 44.2 Å². The number of carbonyl (C=O) groups excluding carboxylic acids is 1. The van der Waals surface area contributed by atoms with Crippen LogP contribution in [0, 0.1) is 19.7 Å². The number of rotatable bonds is 5. The van der Waals surface area contributed by atoms with E-state index >= 15 is 0 Å². The number of hydrogen-bond donors (Lipinski definition) is 0. The van der Waals surface area contributed by atoms with Crippen LogP contribution >= 0.6 is 0 Å². The molecule has 0 bridgehead atoms. The number of aryl methyl sites for hydroxylation is 2. The summed E-state index contributed by atoms with van der Waals surface area (Å²) in [6.45, 7) is 4.71. The first-order valence-electron chi connectivity index (χ1n) is 7.00. The molecule has 0 aliphatic carbocycles. The van der Waals surface area contributed by atoms with E-state index in [1.807, 2.05) is 44.0 Å². The second-order valence-corrected chi connectivity index (χ2v) is 5.49. The largest absolute Gasteiger partial charge is 0.294 e. The third-order valence-electron chi connectivity index (χ3n) is 3.64. The van der Waals surface area contributed by atoms with Crippen molar-refractivity contribution in [1.29, 1.82) is 0 Å². The number of likely N-dealkylation sites (N-methyl/N-ethyl adjacent to an activating group) is 1. The van der Waals surface area contributed by atoms with Gasteiger partial charge in [0.2, 0.25) is 0 Å². The Balaban J connectivity index is 2.02. The lowest BCUT2D eigenvalue weighted by Gasteiger charge is -2.16. The van der Waals surface area contributed by atoms with E-state index < -0.39 is 0 Å². The van der Waals surface area contributed by atoms with Gasteiger partial charge in [0.25, 0.3) is 0 Å². The molecule has 0 radical (unpaired) electrons. The summed E-state index contributed by atoms with van der Waals surface area (Å²) in [5, 5.41) is 0. The Morgan fingerprint density at radius 3 is 2.48 bits per heavy atom. The number of Topliss-reactive ketones (excluding diaryl/α,β-unsaturated/α-hetero) is 1. The van der Waals surface area contributed by atoms with Gasteiger partial charge in [-0.25, -0.2) is 4.39 Å². The molecule has 0 amide bonds. The van der Waals surface area contributed by atoms with Crippen molar-refractivity contribution < 1.29 is 9.18 Å². The van der Waals surface area contributed by atoms with Gasteiger partial charge in [-0.2, -0.15) is 0 Å². The van der Waals surface area contributed by atoms with Crippen molar-refractivity contribution in [3.05, 3.63) is 70.5 Å². The number of carbonyl (C=O) groups is 1. The molecule has 0 heterocycles. The normalized spacial score (nSPS) is 10.9. The second-order valence-electron chi connectivity index (χ2n) is 5.49. The highest BCUT2D eigenvalue weighted by Crippen LogP contribution is 2.12. The first-order chi connectivity index (χ1) is 9.97. The van der Waals surface area contributed by atoms with E-state index in [2.05, 4.69) is 0 Å². The van der Waals surface area contributed by atoms with Crippen LogP contribution in [0.5, 0.6) is 0 Å². The standard InChI is InChI=1S/C18H20FNO/c1-13-8-9-15(10-14(13)2)18(21)12-20(3)11-16-6-4-5-7-17(16)19/h4-10H,11-12H2,1-3H3. The zero-order valence-electron chi connectivity index (χ0n) is 12.7. The van der Waals surface area contributed by atoms with Crippen LogP contribution in [0.15, 0.2) is 42.5 Å². The van der Waals surface area contributed by atoms with Crippen LogP contribution in [0.3, 0.4) is 0 Å². The number of hydrogen-bond acceptors (Lipinski definition) is 2. The van der Waals surface area contributed by atoms with Crippen LogP contribution in [0.25, 0.3) is 0 Å². The van der Waals surface area contributed by atoms with Crippen molar-refractivity contribution in [3.63, 3.8) is 0 Å². The van der Waals surface area contributed by atoms with Crippen LogP contribution in [-0.4, -0.2) is 24.3 Å². The fourth-order valence-corrected chi connectivity index (χ4v) is 2.22. The van der Waals surface area contributed by atoms with E-state index in [-0.39, 0.29) is 18.1 Å². The van der Waals surface area contributed by atoms with Gasteiger partial charge in [-0.15, -0.1) is 0 Å². The van der Waals surface area contributed by atoms with Crippen LogP contribution < -0.4 is 0 Å². The molecule has 2 aromatic carbocycles. The molecule has 0 aliphatic heterocycles. The molecule has 0 atom stereocenters. The lowest BCUT2D eigenvalue weighted by Crippen LogP contribution is -2.26. The summed E-state index contributed by atoms with van der Waals surface area (Å²) in [7, 11) is 1.82. The molecule has 0 aliphatic rings. The Labute approximate surface area is 125 Å². The second kappa shape index (κ2) is 6.64. The molecule has 0 unspecified atom stereocenters. The highest BCUT2D eigenvalue weighted by atomic mass is 19.1. The monoisotopic (exact) mass is 285 g/mol. The molecule has 0 aromatic heterocycles. The number of nitrogens with zero attached hydrogens (tertiary/aromatic N) is 1. The van der Waals surface area contributed by atoms with Gasteiger partial charge in [-0.1, -0.05) is 30.3 Å². The van der Waals surface area contributed by atoms with Crippen molar-refractivity contribution in [2.75, 3.05) is 13.6 Å². The molecule has 2 aromatic rings. The maximum absolute atomic E-state index is 13.6. The molecule has 0 N–H and O–H groups in total. The predicted molar refractivity (Wildman–Crippen MR) is 83.0 cm³/mol. The van der Waals surface area contributed by atoms with E-state index in [1.165, 1.54) is 11.6 Å². The van der Waals surface area contributed by atoms with Crippen LogP contribution in [-0.2, 0) is 6.54 Å². The minimum absolute atomic E-state index is 0.0527. The van der Waals surface area contributed by atoms with Gasteiger partial charge in [0.1, 0.15) is 5.82 Å². The predicted octanol–water partition coefficient (Wildman–Crippen LogP) is 3.76. The maximum Gasteiger partial charge on any atom is 0.176 e. The Kier molecular flexibility index (Phi) is 4.86. The van der Waals surface area contributed by atoms with Gasteiger partial charge in [-0.3, -0.25) is 9.69 Å². The number of halogens is 1. The average Bonchev–Trinajstić information content (AvgIpc) is 2.44. The van der Waals surface area contributed by atoms with E-state index in [4.69, 9.17) is 0 Å². The summed E-state index contributed by atoms with van der Waals surface area (Å²) in [4.78, 5) is 14.1. The van der Waals surface area contributed by atoms with Crippen molar-refractivity contribution in [2.45, 2.75) is 20.4 Å². The highest BCUT2D eigenvalue weighted by Gasteiger charge is 2.12. The van der Waals surface area contributed by atoms with Crippen molar-refractivity contribution in [3.8, 4) is 0 Å². The van der Waals surface area contributed by atoms with Gasteiger partial charge in [0, 0.05) is 17.7 Å². The van der Waals surface area contributed by atoms with Gasteiger partial charge in [0.05, 0.1) is 6.54 Å². The molecular formula is C18H20FNO. The summed E-state index contributed by atoms with van der Waals surface area (Å²) < 4.78 is 13.6. The quantitative estimate of drug-likeness (QED) is 0.780.